The van der Waals surface area contributed by atoms with Gasteiger partial charge in [0, 0.05) is 12.0 Å². The smallest absolute Gasteiger partial charge is 0.114 e. The molecule has 0 aliphatic heterocycles. The minimum absolute atomic E-state index is 0.349. The van der Waals surface area contributed by atoms with Crippen molar-refractivity contribution in [2.45, 2.75) is 39.2 Å². The predicted octanol–water partition coefficient (Wildman–Crippen LogP) is 1.06. The molecular weight excluding hydrogens is 138 g/mol. The zero-order chi connectivity index (χ0) is 8.27. The van der Waals surface area contributed by atoms with E-state index >= 15 is 0 Å². The fraction of sp³-hybridized carbons (Fsp3) is 0.875. The van der Waals surface area contributed by atoms with Crippen molar-refractivity contribution in [3.63, 3.8) is 0 Å². The van der Waals surface area contributed by atoms with Crippen LogP contribution in [0.2, 0.25) is 0 Å². The Balaban J connectivity index is 2.46. The minimum Gasteiger partial charge on any atom is -0.312 e. The molecular formula is C8H17N3. The second-order valence-electron chi connectivity index (χ2n) is 3.38. The van der Waals surface area contributed by atoms with E-state index in [0.717, 1.165) is 5.84 Å². The van der Waals surface area contributed by atoms with Crippen molar-refractivity contribution >= 4 is 5.84 Å². The molecule has 0 amide bonds. The summed E-state index contributed by atoms with van der Waals surface area (Å²) in [5.41, 5.74) is 2.69. The van der Waals surface area contributed by atoms with Gasteiger partial charge < -0.3 is 5.43 Å². The highest BCUT2D eigenvalue weighted by Gasteiger charge is 2.22. The van der Waals surface area contributed by atoms with Crippen LogP contribution < -0.4 is 11.3 Å². The van der Waals surface area contributed by atoms with Gasteiger partial charge in [-0.1, -0.05) is 6.42 Å². The lowest BCUT2D eigenvalue weighted by molar-refractivity contribution is 0.402. The van der Waals surface area contributed by atoms with Crippen molar-refractivity contribution in [1.82, 2.24) is 5.43 Å². The fourth-order valence-corrected chi connectivity index (χ4v) is 1.22. The topological polar surface area (TPSA) is 50.4 Å². The summed E-state index contributed by atoms with van der Waals surface area (Å²) >= 11 is 0. The molecule has 0 bridgehead atoms. The summed E-state index contributed by atoms with van der Waals surface area (Å²) in [6.07, 6.45) is 3.81. The number of hydrazine groups is 1. The highest BCUT2D eigenvalue weighted by molar-refractivity contribution is 5.84. The zero-order valence-corrected chi connectivity index (χ0v) is 7.30. The second kappa shape index (κ2) is 3.72. The van der Waals surface area contributed by atoms with Crippen LogP contribution in [0.15, 0.2) is 4.99 Å². The molecule has 64 valence electrons. The van der Waals surface area contributed by atoms with Gasteiger partial charge in [0.05, 0.1) is 0 Å². The monoisotopic (exact) mass is 155 g/mol. The Labute approximate surface area is 68.0 Å². The third-order valence-electron chi connectivity index (χ3n) is 2.04. The molecule has 0 aromatic rings. The van der Waals surface area contributed by atoms with Gasteiger partial charge in [-0.2, -0.15) is 0 Å². The Kier molecular flexibility index (Phi) is 2.88. The van der Waals surface area contributed by atoms with E-state index in [1.54, 1.807) is 0 Å². The number of aliphatic imine (C=N–C) groups is 1. The number of amidine groups is 1. The number of nitrogens with one attached hydrogen (secondary N) is 1. The first kappa shape index (κ1) is 8.53. The van der Waals surface area contributed by atoms with E-state index in [1.165, 1.54) is 19.3 Å². The molecule has 3 heteroatoms. The summed E-state index contributed by atoms with van der Waals surface area (Å²) in [7, 11) is 0. The summed E-state index contributed by atoms with van der Waals surface area (Å²) in [5.74, 6) is 6.96. The molecule has 0 radical (unpaired) electrons. The maximum Gasteiger partial charge on any atom is 0.114 e. The number of nitrogens with zero attached hydrogens (tertiary/aromatic N) is 1. The average Bonchev–Trinajstić information content (AvgIpc) is 1.81. The van der Waals surface area contributed by atoms with Crippen molar-refractivity contribution in [1.29, 1.82) is 0 Å². The van der Waals surface area contributed by atoms with Crippen molar-refractivity contribution < 1.29 is 0 Å². The van der Waals surface area contributed by atoms with Crippen LogP contribution in [-0.2, 0) is 0 Å². The van der Waals surface area contributed by atoms with Crippen LogP contribution in [0.25, 0.3) is 0 Å². The lowest BCUT2D eigenvalue weighted by atomic mass is 9.84. The maximum atomic E-state index is 5.35. The van der Waals surface area contributed by atoms with Crippen LogP contribution in [0.1, 0.15) is 33.1 Å². The van der Waals surface area contributed by atoms with Crippen molar-refractivity contribution in [2.24, 2.45) is 16.8 Å². The van der Waals surface area contributed by atoms with Gasteiger partial charge in [0.25, 0.3) is 0 Å². The maximum absolute atomic E-state index is 5.35. The van der Waals surface area contributed by atoms with Crippen LogP contribution in [-0.4, -0.2) is 11.9 Å². The van der Waals surface area contributed by atoms with Crippen LogP contribution in [0.3, 0.4) is 0 Å². The number of hydrogen-bond acceptors (Lipinski definition) is 2. The minimum atomic E-state index is 0.349. The van der Waals surface area contributed by atoms with E-state index in [-0.39, 0.29) is 0 Å². The molecule has 0 atom stereocenters. The molecule has 1 aliphatic rings. The molecule has 1 saturated carbocycles. The van der Waals surface area contributed by atoms with Crippen molar-refractivity contribution in [2.75, 3.05) is 0 Å². The third kappa shape index (κ3) is 2.19. The Morgan fingerprint density at radius 1 is 1.55 bits per heavy atom. The molecule has 1 fully saturated rings. The normalized spacial score (nSPS) is 20.2. The largest absolute Gasteiger partial charge is 0.312 e. The molecule has 0 unspecified atom stereocenters. The molecule has 0 aromatic heterocycles. The Morgan fingerprint density at radius 2 is 2.18 bits per heavy atom. The van der Waals surface area contributed by atoms with E-state index in [2.05, 4.69) is 24.3 Å². The van der Waals surface area contributed by atoms with Crippen LogP contribution in [0.5, 0.6) is 0 Å². The fourth-order valence-electron chi connectivity index (χ4n) is 1.22. The molecule has 0 aromatic carbocycles. The summed E-state index contributed by atoms with van der Waals surface area (Å²) in [6, 6.07) is 0.349. The quantitative estimate of drug-likeness (QED) is 0.271. The Morgan fingerprint density at radius 3 is 2.45 bits per heavy atom. The lowest BCUT2D eigenvalue weighted by Crippen LogP contribution is -2.39. The third-order valence-corrected chi connectivity index (χ3v) is 2.04. The lowest BCUT2D eigenvalue weighted by Gasteiger charge is -2.26. The summed E-state index contributed by atoms with van der Waals surface area (Å²) in [4.78, 5) is 4.40. The van der Waals surface area contributed by atoms with E-state index in [1.807, 2.05) is 0 Å². The number of rotatable bonds is 2. The Bertz CT molecular complexity index is 147. The van der Waals surface area contributed by atoms with Gasteiger partial charge in [-0.3, -0.25) is 4.99 Å². The predicted molar refractivity (Wildman–Crippen MR) is 47.2 cm³/mol. The molecule has 0 heterocycles. The van der Waals surface area contributed by atoms with Gasteiger partial charge in [-0.05, 0) is 26.7 Å². The summed E-state index contributed by atoms with van der Waals surface area (Å²) in [5, 5.41) is 0. The number of nitrogens with two attached hydrogens (primary N) is 1. The summed E-state index contributed by atoms with van der Waals surface area (Å²) < 4.78 is 0. The first-order valence-corrected chi connectivity index (χ1v) is 4.28. The van der Waals surface area contributed by atoms with Gasteiger partial charge in [0.1, 0.15) is 5.84 Å². The van der Waals surface area contributed by atoms with Crippen molar-refractivity contribution in [3.8, 4) is 0 Å². The SMILES string of the molecule is CC(C)N=C(NN)C1CCC1. The zero-order valence-electron chi connectivity index (χ0n) is 7.30. The van der Waals surface area contributed by atoms with E-state index in [4.69, 9.17) is 5.84 Å². The molecule has 3 nitrogen and oxygen atoms in total. The second-order valence-corrected chi connectivity index (χ2v) is 3.38. The standard InChI is InChI=1S/C8H17N3/c1-6(2)10-8(11-9)7-4-3-5-7/h6-7H,3-5,9H2,1-2H3,(H,10,11). The molecule has 11 heavy (non-hydrogen) atoms. The molecule has 0 saturated heterocycles. The van der Waals surface area contributed by atoms with E-state index in [0.29, 0.717) is 12.0 Å². The molecule has 0 spiro atoms. The highest BCUT2D eigenvalue weighted by atomic mass is 15.3. The molecule has 1 aliphatic carbocycles. The molecule has 1 rings (SSSR count). The average molecular weight is 155 g/mol. The number of hydrogen-bond donors (Lipinski definition) is 2. The summed E-state index contributed by atoms with van der Waals surface area (Å²) in [6.45, 7) is 4.13. The van der Waals surface area contributed by atoms with Gasteiger partial charge in [-0.25, -0.2) is 5.84 Å². The van der Waals surface area contributed by atoms with Gasteiger partial charge in [-0.15, -0.1) is 0 Å². The Hall–Kier alpha value is -0.570. The van der Waals surface area contributed by atoms with E-state index in [9.17, 15) is 0 Å². The van der Waals surface area contributed by atoms with E-state index < -0.39 is 0 Å². The van der Waals surface area contributed by atoms with Gasteiger partial charge in [0.2, 0.25) is 0 Å². The van der Waals surface area contributed by atoms with Gasteiger partial charge in [0.15, 0.2) is 0 Å². The van der Waals surface area contributed by atoms with Crippen molar-refractivity contribution in [3.05, 3.63) is 0 Å². The molecule has 3 N–H and O–H groups in total. The van der Waals surface area contributed by atoms with Crippen LogP contribution >= 0.6 is 0 Å². The highest BCUT2D eigenvalue weighted by Crippen LogP contribution is 2.26. The van der Waals surface area contributed by atoms with Crippen LogP contribution in [0.4, 0.5) is 0 Å². The van der Waals surface area contributed by atoms with Gasteiger partial charge >= 0.3 is 0 Å². The first-order chi connectivity index (χ1) is 5.24. The first-order valence-electron chi connectivity index (χ1n) is 4.28. The van der Waals surface area contributed by atoms with Crippen LogP contribution in [0, 0.1) is 5.92 Å².